The largest absolute Gasteiger partial charge is 0.508 e. The van der Waals surface area contributed by atoms with Crippen LogP contribution in [-0.4, -0.2) is 42.6 Å². The maximum Gasteiger partial charge on any atom is 0.157 e. The third-order valence-electron chi connectivity index (χ3n) is 4.34. The predicted molar refractivity (Wildman–Crippen MR) is 87.9 cm³/mol. The molecule has 1 heterocycles. The first-order chi connectivity index (χ1) is 10.7. The summed E-state index contributed by atoms with van der Waals surface area (Å²) in [6, 6.07) is 7.82. The number of hydrogen-bond donors (Lipinski definition) is 1. The highest BCUT2D eigenvalue weighted by Crippen LogP contribution is 2.23. The van der Waals surface area contributed by atoms with E-state index < -0.39 is 0 Å². The molecule has 0 aliphatic carbocycles. The first-order valence-corrected chi connectivity index (χ1v) is 8.47. The van der Waals surface area contributed by atoms with Crippen molar-refractivity contribution < 1.29 is 14.6 Å². The Labute approximate surface area is 134 Å². The standard InChI is InChI=1S/C18H29NO3/c1-3-19(15(2)16-8-6-9-17(20)14-16)11-7-13-22-18-10-4-5-12-21-18/h6,8-9,14-15,18,20H,3-5,7,10-13H2,1-2H3/t15-,18-/m0/s1. The quantitative estimate of drug-likeness (QED) is 0.743. The van der Waals surface area contributed by atoms with Crippen molar-refractivity contribution in [1.82, 2.24) is 4.90 Å². The smallest absolute Gasteiger partial charge is 0.157 e. The average molecular weight is 307 g/mol. The molecule has 124 valence electrons. The van der Waals surface area contributed by atoms with Crippen molar-refractivity contribution in [3.8, 4) is 5.75 Å². The van der Waals surface area contributed by atoms with Gasteiger partial charge in [0.2, 0.25) is 0 Å². The Bertz CT molecular complexity index is 432. The van der Waals surface area contributed by atoms with Gasteiger partial charge in [-0.3, -0.25) is 4.90 Å². The van der Waals surface area contributed by atoms with Crippen molar-refractivity contribution >= 4 is 0 Å². The first-order valence-electron chi connectivity index (χ1n) is 8.47. The summed E-state index contributed by atoms with van der Waals surface area (Å²) in [5.41, 5.74) is 1.15. The Morgan fingerprint density at radius 1 is 1.41 bits per heavy atom. The molecule has 1 aliphatic rings. The molecular weight excluding hydrogens is 278 g/mol. The molecular formula is C18H29NO3. The zero-order valence-corrected chi connectivity index (χ0v) is 13.8. The van der Waals surface area contributed by atoms with Gasteiger partial charge in [0.1, 0.15) is 5.75 Å². The lowest BCUT2D eigenvalue weighted by molar-refractivity contribution is -0.163. The average Bonchev–Trinajstić information content (AvgIpc) is 2.55. The maximum absolute atomic E-state index is 9.62. The molecule has 1 aromatic carbocycles. The van der Waals surface area contributed by atoms with Gasteiger partial charge in [0.05, 0.1) is 6.61 Å². The SMILES string of the molecule is CCN(CCCO[C@H]1CCCCO1)[C@@H](C)c1cccc(O)c1. The van der Waals surface area contributed by atoms with Gasteiger partial charge in [-0.25, -0.2) is 0 Å². The number of nitrogens with zero attached hydrogens (tertiary/aromatic N) is 1. The summed E-state index contributed by atoms with van der Waals surface area (Å²) in [5.74, 6) is 0.332. The number of phenols is 1. The van der Waals surface area contributed by atoms with Crippen molar-refractivity contribution in [2.24, 2.45) is 0 Å². The van der Waals surface area contributed by atoms with Gasteiger partial charge in [-0.1, -0.05) is 19.1 Å². The minimum absolute atomic E-state index is 0.00678. The normalized spacial score (nSPS) is 20.2. The van der Waals surface area contributed by atoms with E-state index in [4.69, 9.17) is 9.47 Å². The fraction of sp³-hybridized carbons (Fsp3) is 0.667. The number of benzene rings is 1. The summed E-state index contributed by atoms with van der Waals surface area (Å²) in [5, 5.41) is 9.62. The second-order valence-corrected chi connectivity index (χ2v) is 5.92. The van der Waals surface area contributed by atoms with Gasteiger partial charge < -0.3 is 14.6 Å². The lowest BCUT2D eigenvalue weighted by Gasteiger charge is -2.29. The third kappa shape index (κ3) is 5.27. The topological polar surface area (TPSA) is 41.9 Å². The van der Waals surface area contributed by atoms with E-state index in [1.807, 2.05) is 12.1 Å². The van der Waals surface area contributed by atoms with E-state index >= 15 is 0 Å². The summed E-state index contributed by atoms with van der Waals surface area (Å²) in [4.78, 5) is 2.40. The van der Waals surface area contributed by atoms with Crippen LogP contribution in [0.2, 0.25) is 0 Å². The Morgan fingerprint density at radius 2 is 2.27 bits per heavy atom. The highest BCUT2D eigenvalue weighted by Gasteiger charge is 2.16. The lowest BCUT2D eigenvalue weighted by Crippen LogP contribution is -2.29. The van der Waals surface area contributed by atoms with Crippen molar-refractivity contribution in [3.63, 3.8) is 0 Å². The Kier molecular flexibility index (Phi) is 7.16. The van der Waals surface area contributed by atoms with Gasteiger partial charge in [-0.2, -0.15) is 0 Å². The third-order valence-corrected chi connectivity index (χ3v) is 4.34. The molecule has 1 aromatic rings. The van der Waals surface area contributed by atoms with Crippen LogP contribution in [0.3, 0.4) is 0 Å². The molecule has 0 aromatic heterocycles. The molecule has 1 aliphatic heterocycles. The highest BCUT2D eigenvalue weighted by atomic mass is 16.7. The van der Waals surface area contributed by atoms with Crippen LogP contribution >= 0.6 is 0 Å². The van der Waals surface area contributed by atoms with Crippen molar-refractivity contribution in [3.05, 3.63) is 29.8 Å². The van der Waals surface area contributed by atoms with Crippen LogP contribution in [-0.2, 0) is 9.47 Å². The number of ether oxygens (including phenoxy) is 2. The van der Waals surface area contributed by atoms with Gasteiger partial charge in [0.25, 0.3) is 0 Å². The summed E-state index contributed by atoms with van der Waals surface area (Å²) in [6.07, 6.45) is 4.39. The van der Waals surface area contributed by atoms with Gasteiger partial charge in [-0.05, 0) is 56.8 Å². The molecule has 0 spiro atoms. The number of aromatic hydroxyl groups is 1. The zero-order valence-electron chi connectivity index (χ0n) is 13.8. The lowest BCUT2D eigenvalue weighted by atomic mass is 10.1. The van der Waals surface area contributed by atoms with Crippen molar-refractivity contribution in [2.75, 3.05) is 26.3 Å². The van der Waals surface area contributed by atoms with Crippen LogP contribution in [0, 0.1) is 0 Å². The van der Waals surface area contributed by atoms with Crippen LogP contribution in [0.25, 0.3) is 0 Å². The maximum atomic E-state index is 9.62. The van der Waals surface area contributed by atoms with Crippen LogP contribution in [0.15, 0.2) is 24.3 Å². The fourth-order valence-corrected chi connectivity index (χ4v) is 2.95. The predicted octanol–water partition coefficient (Wildman–Crippen LogP) is 3.71. The van der Waals surface area contributed by atoms with Crippen LogP contribution in [0.1, 0.15) is 51.1 Å². The Hall–Kier alpha value is -1.10. The van der Waals surface area contributed by atoms with E-state index in [9.17, 15) is 5.11 Å². The molecule has 0 amide bonds. The second kappa shape index (κ2) is 9.13. The molecule has 0 unspecified atom stereocenters. The molecule has 4 heteroatoms. The molecule has 0 radical (unpaired) electrons. The fourth-order valence-electron chi connectivity index (χ4n) is 2.95. The summed E-state index contributed by atoms with van der Waals surface area (Å²) < 4.78 is 11.4. The van der Waals surface area contributed by atoms with E-state index in [-0.39, 0.29) is 6.29 Å². The van der Waals surface area contributed by atoms with Gasteiger partial charge >= 0.3 is 0 Å². The van der Waals surface area contributed by atoms with Gasteiger partial charge in [0, 0.05) is 19.2 Å². The molecule has 1 N–H and O–H groups in total. The number of rotatable bonds is 8. The molecule has 22 heavy (non-hydrogen) atoms. The Morgan fingerprint density at radius 3 is 2.95 bits per heavy atom. The van der Waals surface area contributed by atoms with E-state index in [0.717, 1.165) is 51.1 Å². The van der Waals surface area contributed by atoms with E-state index in [2.05, 4.69) is 24.8 Å². The minimum Gasteiger partial charge on any atom is -0.508 e. The van der Waals surface area contributed by atoms with Crippen LogP contribution < -0.4 is 0 Å². The molecule has 2 atom stereocenters. The molecule has 0 saturated carbocycles. The summed E-state index contributed by atoms with van der Waals surface area (Å²) in [6.45, 7) is 7.90. The van der Waals surface area contributed by atoms with Crippen molar-refractivity contribution in [2.45, 2.75) is 51.9 Å². The number of hydrogen-bond acceptors (Lipinski definition) is 4. The molecule has 2 rings (SSSR count). The van der Waals surface area contributed by atoms with Gasteiger partial charge in [0.15, 0.2) is 6.29 Å². The first kappa shape index (κ1) is 17.3. The Balaban J connectivity index is 1.74. The minimum atomic E-state index is 0.00678. The van der Waals surface area contributed by atoms with Gasteiger partial charge in [-0.15, -0.1) is 0 Å². The van der Waals surface area contributed by atoms with Crippen LogP contribution in [0.4, 0.5) is 0 Å². The monoisotopic (exact) mass is 307 g/mol. The van der Waals surface area contributed by atoms with Crippen LogP contribution in [0.5, 0.6) is 5.75 Å². The molecule has 1 saturated heterocycles. The molecule has 1 fully saturated rings. The van der Waals surface area contributed by atoms with E-state index in [1.165, 1.54) is 6.42 Å². The van der Waals surface area contributed by atoms with E-state index in [0.29, 0.717) is 11.8 Å². The zero-order chi connectivity index (χ0) is 15.8. The second-order valence-electron chi connectivity index (χ2n) is 5.92. The molecule has 0 bridgehead atoms. The summed E-state index contributed by atoms with van der Waals surface area (Å²) >= 11 is 0. The molecule has 4 nitrogen and oxygen atoms in total. The van der Waals surface area contributed by atoms with Crippen molar-refractivity contribution in [1.29, 1.82) is 0 Å². The number of phenolic OH excluding ortho intramolecular Hbond substituents is 1. The highest BCUT2D eigenvalue weighted by molar-refractivity contribution is 5.29. The summed E-state index contributed by atoms with van der Waals surface area (Å²) in [7, 11) is 0. The van der Waals surface area contributed by atoms with E-state index in [1.54, 1.807) is 6.07 Å².